The van der Waals surface area contributed by atoms with Crippen molar-refractivity contribution in [2.45, 2.75) is 234 Å². The van der Waals surface area contributed by atoms with Gasteiger partial charge in [0.15, 0.2) is 40.5 Å². The minimum atomic E-state index is -1.26. The van der Waals surface area contributed by atoms with E-state index >= 15 is 0 Å². The summed E-state index contributed by atoms with van der Waals surface area (Å²) in [5, 5.41) is 22.0. The van der Waals surface area contributed by atoms with Crippen LogP contribution in [0.3, 0.4) is 0 Å². The molecular weight excluding hydrogens is 997 g/mol. The van der Waals surface area contributed by atoms with Gasteiger partial charge < -0.3 is 96.5 Å². The molecule has 4 aromatic heterocycles. The molecule has 6 N–H and O–H groups in total. The van der Waals surface area contributed by atoms with Crippen molar-refractivity contribution in [1.29, 1.82) is 0 Å². The number of ether oxygens (including phenoxy) is 14. The molecule has 77 heavy (non-hydrogen) atoms. The van der Waals surface area contributed by atoms with Gasteiger partial charge >= 0.3 is 0 Å². The smallest absolute Gasteiger partial charge is 0.163 e. The number of H-pyrrole nitrogens is 4. The molecule has 12 rings (SSSR count). The molecule has 0 amide bonds. The van der Waals surface area contributed by atoms with Crippen molar-refractivity contribution in [1.82, 2.24) is 19.9 Å². The fourth-order valence-corrected chi connectivity index (χ4v) is 13.5. The first kappa shape index (κ1) is 54.1. The Labute approximate surface area is 450 Å². The van der Waals surface area contributed by atoms with Crippen LogP contribution < -0.4 is 0 Å². The Kier molecular flexibility index (Phi) is 13.2. The van der Waals surface area contributed by atoms with E-state index in [1.54, 1.807) is 0 Å². The molecule has 0 spiro atoms. The zero-order chi connectivity index (χ0) is 54.6. The van der Waals surface area contributed by atoms with Crippen LogP contribution >= 0.6 is 0 Å². The van der Waals surface area contributed by atoms with Gasteiger partial charge in [0.2, 0.25) is 0 Å². The van der Waals surface area contributed by atoms with Crippen molar-refractivity contribution in [2.24, 2.45) is 0 Å². The maximum atomic E-state index is 11.5. The summed E-state index contributed by atoms with van der Waals surface area (Å²) in [6.45, 7) is 27.0. The van der Waals surface area contributed by atoms with Crippen LogP contribution in [0.1, 0.15) is 166 Å². The van der Waals surface area contributed by atoms with Gasteiger partial charge in [-0.3, -0.25) is 0 Å². The molecular formula is C57H80N4O16. The summed E-state index contributed by atoms with van der Waals surface area (Å²) in [5.74, 6) is -8.72. The highest BCUT2D eigenvalue weighted by molar-refractivity contribution is 5.41. The third-order valence-electron chi connectivity index (χ3n) is 16.3. The van der Waals surface area contributed by atoms with E-state index < -0.39 is 144 Å². The van der Waals surface area contributed by atoms with E-state index in [4.69, 9.17) is 66.3 Å². The van der Waals surface area contributed by atoms with E-state index in [0.29, 0.717) is 19.8 Å². The van der Waals surface area contributed by atoms with Crippen molar-refractivity contribution in [3.05, 3.63) is 94.1 Å². The average Bonchev–Trinajstić information content (AvgIpc) is 4.30. The first-order valence-electron chi connectivity index (χ1n) is 27.5. The second-order valence-electron chi connectivity index (χ2n) is 25.5. The Hall–Kier alpha value is -3.52. The zero-order valence-electron chi connectivity index (χ0n) is 46.8. The van der Waals surface area contributed by atoms with Gasteiger partial charge in [0, 0.05) is 45.6 Å². The lowest BCUT2D eigenvalue weighted by Crippen LogP contribution is -2.42. The number of aliphatic hydroxyl groups is 2. The number of aromatic nitrogens is 4. The Morgan fingerprint density at radius 2 is 0.584 bits per heavy atom. The summed E-state index contributed by atoms with van der Waals surface area (Å²) >= 11 is 0. The summed E-state index contributed by atoms with van der Waals surface area (Å²) in [7, 11) is 0. The van der Waals surface area contributed by atoms with Crippen molar-refractivity contribution in [3.8, 4) is 0 Å². The van der Waals surface area contributed by atoms with Gasteiger partial charge in [0.05, 0.1) is 50.1 Å². The molecule has 0 aliphatic carbocycles. The second kappa shape index (κ2) is 18.8. The molecule has 2 unspecified atom stereocenters. The molecule has 0 radical (unpaired) electrons. The van der Waals surface area contributed by atoms with Crippen LogP contribution in [0.15, 0.2) is 48.5 Å². The molecule has 4 aromatic rings. The molecule has 8 bridgehead atoms. The highest BCUT2D eigenvalue weighted by atomic mass is 16.8. The van der Waals surface area contributed by atoms with Crippen molar-refractivity contribution in [3.63, 3.8) is 0 Å². The SMILES string of the molecule is CC1(C)O[C@H]([C@H](O)CO)[C@@H](C2c3ccc([nH]3)C([C@H]3OC(C)(C)O[C@@H]3[C@H]3COC(C)(C)O3)c3ccc([nH]3)C([C@H]3OC(C)(C)O[C@@H]3[C@H]3COC(C)(C)O3)c3ccc([nH]3)C([C@H]3OC(C)(C)O[C@@H]3[C@H]3COC(C)(C)O3)c3ccc2[nH]3)O1. The minimum absolute atomic E-state index is 0.306. The van der Waals surface area contributed by atoms with Gasteiger partial charge in [-0.1, -0.05) is 0 Å². The summed E-state index contributed by atoms with van der Waals surface area (Å²) in [4.78, 5) is 15.7. The predicted octanol–water partition coefficient (Wildman–Crippen LogP) is 6.73. The minimum Gasteiger partial charge on any atom is -0.394 e. The molecule has 12 heterocycles. The van der Waals surface area contributed by atoms with E-state index in [1.807, 2.05) is 109 Å². The van der Waals surface area contributed by atoms with Crippen molar-refractivity contribution in [2.75, 3.05) is 26.4 Å². The van der Waals surface area contributed by atoms with E-state index in [2.05, 4.69) is 56.3 Å². The molecule has 0 aromatic carbocycles. The van der Waals surface area contributed by atoms with Crippen LogP contribution in [0.5, 0.6) is 0 Å². The Morgan fingerprint density at radius 1 is 0.351 bits per heavy atom. The Balaban J connectivity index is 1.06. The van der Waals surface area contributed by atoms with Gasteiger partial charge in [0.1, 0.15) is 73.2 Å². The summed E-state index contributed by atoms with van der Waals surface area (Å²) in [6, 6.07) is 16.7. The lowest BCUT2D eigenvalue weighted by atomic mass is 9.89. The highest BCUT2D eigenvalue weighted by Gasteiger charge is 2.58. The van der Waals surface area contributed by atoms with E-state index in [0.717, 1.165) is 45.6 Å². The number of hydrogen-bond acceptors (Lipinski definition) is 16. The fourth-order valence-electron chi connectivity index (χ4n) is 13.5. The molecule has 20 heteroatoms. The van der Waals surface area contributed by atoms with Crippen LogP contribution in [0, 0.1) is 0 Å². The maximum absolute atomic E-state index is 11.5. The zero-order valence-corrected chi connectivity index (χ0v) is 46.8. The first-order chi connectivity index (χ1) is 36.1. The van der Waals surface area contributed by atoms with Gasteiger partial charge in [-0.15, -0.1) is 0 Å². The van der Waals surface area contributed by atoms with Crippen LogP contribution in [-0.4, -0.2) is 170 Å². The monoisotopic (exact) mass is 1080 g/mol. The molecule has 7 fully saturated rings. The normalized spacial score (nSPS) is 39.7. The van der Waals surface area contributed by atoms with Crippen LogP contribution in [0.4, 0.5) is 0 Å². The molecule has 20 nitrogen and oxygen atoms in total. The standard InChI is InChI=1S/C57H80N4O16/c1-51(2)64-24-36(67-51)44-48(75-55(9,10)71-44)40-29-17-15-27(58-29)39(47-43(35(63)23-62)70-54(7,8)74-47)28-16-18-30(59-28)41(49-45(72-56(11,12)76-49)37-25-65-52(3,4)68-37)32-20-22-34(61-32)42(33-21-19-31(40)60-33)50-46(73-57(13,14)77-50)38-26-66-53(5,6)69-38/h15-22,35-50,58-63H,23-26H2,1-14H3/t35-,36-,37-,38-,39?,40?,41?,42?,43-,44-,45-,46-,47-,48-,49-,50-/m1/s1. The van der Waals surface area contributed by atoms with Crippen LogP contribution in [0.2, 0.25) is 0 Å². The summed E-state index contributed by atoms with van der Waals surface area (Å²) in [6.07, 6.45) is -7.86. The third-order valence-corrected chi connectivity index (χ3v) is 16.3. The van der Waals surface area contributed by atoms with Gasteiger partial charge in [-0.05, 0) is 145 Å². The van der Waals surface area contributed by atoms with Crippen molar-refractivity contribution < 1.29 is 76.5 Å². The third kappa shape index (κ3) is 10.2. The molecule has 7 saturated heterocycles. The molecule has 424 valence electrons. The number of hydrogen-bond donors (Lipinski definition) is 6. The van der Waals surface area contributed by atoms with E-state index in [9.17, 15) is 10.2 Å². The Morgan fingerprint density at radius 3 is 0.831 bits per heavy atom. The van der Waals surface area contributed by atoms with Crippen LogP contribution in [0.25, 0.3) is 0 Å². The molecule has 8 aliphatic rings. The number of rotatable bonds is 9. The van der Waals surface area contributed by atoms with E-state index in [1.165, 1.54) is 0 Å². The molecule has 8 aliphatic heterocycles. The number of fused-ring (bicyclic) bond motifs is 8. The first-order valence-corrected chi connectivity index (χ1v) is 27.5. The van der Waals surface area contributed by atoms with Gasteiger partial charge in [-0.2, -0.15) is 0 Å². The van der Waals surface area contributed by atoms with Gasteiger partial charge in [0.25, 0.3) is 0 Å². The lowest BCUT2D eigenvalue weighted by molar-refractivity contribution is -0.174. The average molecular weight is 1080 g/mol. The predicted molar refractivity (Wildman–Crippen MR) is 274 cm³/mol. The number of aliphatic hydroxyl groups excluding tert-OH is 2. The van der Waals surface area contributed by atoms with E-state index in [-0.39, 0.29) is 0 Å². The van der Waals surface area contributed by atoms with Crippen molar-refractivity contribution >= 4 is 0 Å². The highest BCUT2D eigenvalue weighted by Crippen LogP contribution is 2.50. The number of nitrogens with one attached hydrogen (secondary N) is 4. The Bertz CT molecular complexity index is 2630. The topological polar surface area (TPSA) is 233 Å². The molecule has 0 saturated carbocycles. The summed E-state index contributed by atoms with van der Waals surface area (Å²) < 4.78 is 93.2. The van der Waals surface area contributed by atoms with Crippen LogP contribution in [-0.2, 0) is 66.3 Å². The summed E-state index contributed by atoms with van der Waals surface area (Å²) in [5.41, 5.74) is 6.48. The second-order valence-corrected chi connectivity index (χ2v) is 25.5. The number of aromatic amines is 4. The maximum Gasteiger partial charge on any atom is 0.163 e. The quantitative estimate of drug-likeness (QED) is 0.102. The fraction of sp³-hybridized carbons (Fsp3) is 0.719. The lowest BCUT2D eigenvalue weighted by Gasteiger charge is -2.31. The van der Waals surface area contributed by atoms with Gasteiger partial charge in [-0.25, -0.2) is 0 Å². The largest absolute Gasteiger partial charge is 0.394 e. The molecule has 14 atom stereocenters.